The molecule has 1 rings (SSSR count). The summed E-state index contributed by atoms with van der Waals surface area (Å²) in [7, 11) is 0. The van der Waals surface area contributed by atoms with Crippen molar-refractivity contribution in [3.63, 3.8) is 0 Å². The molecule has 31 heavy (non-hydrogen) atoms. The van der Waals surface area contributed by atoms with Crippen LogP contribution in [0.2, 0.25) is 0 Å². The van der Waals surface area contributed by atoms with Crippen molar-refractivity contribution in [2.75, 3.05) is 13.2 Å². The monoisotopic (exact) mass is 442 g/mol. The summed E-state index contributed by atoms with van der Waals surface area (Å²) in [5.74, 6) is -2.64. The van der Waals surface area contributed by atoms with Gasteiger partial charge in [-0.05, 0) is 12.8 Å². The predicted octanol–water partition coefficient (Wildman–Crippen LogP) is 1.61. The van der Waals surface area contributed by atoms with E-state index in [2.05, 4.69) is 6.58 Å². The third-order valence-corrected chi connectivity index (χ3v) is 3.98. The number of allylic oxidation sites excluding steroid dienone is 2. The van der Waals surface area contributed by atoms with Crippen LogP contribution < -0.4 is 0 Å². The largest absolute Gasteiger partial charge is 0.463 e. The molecule has 1 saturated heterocycles. The maximum absolute atomic E-state index is 11.7. The number of hydrogen-bond donors (Lipinski definition) is 0. The highest BCUT2D eigenvalue weighted by Crippen LogP contribution is 2.30. The highest BCUT2D eigenvalue weighted by Gasteiger charge is 2.52. The van der Waals surface area contributed by atoms with Crippen LogP contribution in [0.15, 0.2) is 24.8 Å². The van der Waals surface area contributed by atoms with Crippen LogP contribution in [-0.4, -0.2) is 67.8 Å². The lowest BCUT2D eigenvalue weighted by Gasteiger charge is -2.44. The van der Waals surface area contributed by atoms with E-state index in [-0.39, 0.29) is 13.2 Å². The standard InChI is InChI=1S/C21H30O10/c1-6-7-8-9-10-11-26-21-20(30-16(5)25)19(29-15(4)24)18(28-14(3)23)17(31-21)12-27-13(2)22/h6,8-9,17-21H,1,7,10-12H2,2-5H3. The molecule has 0 radical (unpaired) electrons. The molecule has 1 aliphatic heterocycles. The van der Waals surface area contributed by atoms with E-state index >= 15 is 0 Å². The fraction of sp³-hybridized carbons (Fsp3) is 0.619. The van der Waals surface area contributed by atoms with Gasteiger partial charge < -0.3 is 28.4 Å². The van der Waals surface area contributed by atoms with Crippen molar-refractivity contribution in [3.8, 4) is 0 Å². The Bertz CT molecular complexity index is 671. The summed E-state index contributed by atoms with van der Waals surface area (Å²) in [6.07, 6.45) is 0.945. The minimum Gasteiger partial charge on any atom is -0.463 e. The van der Waals surface area contributed by atoms with Gasteiger partial charge in [0.25, 0.3) is 0 Å². The first-order chi connectivity index (χ1) is 14.6. The summed E-state index contributed by atoms with van der Waals surface area (Å²) in [6.45, 7) is 8.22. The molecule has 10 heteroatoms. The van der Waals surface area contributed by atoms with E-state index in [0.29, 0.717) is 12.8 Å². The number of esters is 4. The Hall–Kier alpha value is -2.72. The fourth-order valence-corrected chi connectivity index (χ4v) is 2.89. The molecular formula is C21H30O10. The molecule has 0 aromatic rings. The molecule has 1 aliphatic rings. The zero-order chi connectivity index (χ0) is 23.4. The molecule has 0 bridgehead atoms. The number of hydrogen-bond acceptors (Lipinski definition) is 10. The summed E-state index contributed by atoms with van der Waals surface area (Å²) in [5.41, 5.74) is 0. The van der Waals surface area contributed by atoms with Gasteiger partial charge in [-0.3, -0.25) is 19.2 Å². The fourth-order valence-electron chi connectivity index (χ4n) is 2.89. The molecule has 0 aromatic heterocycles. The SMILES string of the molecule is C=CCC=CCCOC1OC(COC(C)=O)C(OC(C)=O)C(OC(C)=O)C1OC(C)=O. The summed E-state index contributed by atoms with van der Waals surface area (Å²) < 4.78 is 32.5. The van der Waals surface area contributed by atoms with Gasteiger partial charge in [0.2, 0.25) is 0 Å². The van der Waals surface area contributed by atoms with Crippen LogP contribution in [0, 0.1) is 0 Å². The summed E-state index contributed by atoms with van der Waals surface area (Å²) in [5, 5.41) is 0. The lowest BCUT2D eigenvalue weighted by atomic mass is 9.98. The Labute approximate surface area is 181 Å². The van der Waals surface area contributed by atoms with Gasteiger partial charge in [0.15, 0.2) is 24.6 Å². The smallest absolute Gasteiger partial charge is 0.303 e. The van der Waals surface area contributed by atoms with Gasteiger partial charge in [0.05, 0.1) is 6.61 Å². The van der Waals surface area contributed by atoms with Gasteiger partial charge in [-0.2, -0.15) is 0 Å². The molecule has 0 N–H and O–H groups in total. The molecule has 5 atom stereocenters. The van der Waals surface area contributed by atoms with Crippen molar-refractivity contribution in [1.29, 1.82) is 0 Å². The Balaban J connectivity index is 3.14. The third kappa shape index (κ3) is 9.75. The second kappa shape index (κ2) is 13.6. The molecule has 0 aromatic carbocycles. The number of ether oxygens (including phenoxy) is 6. The Morgan fingerprint density at radius 3 is 1.97 bits per heavy atom. The maximum atomic E-state index is 11.7. The van der Waals surface area contributed by atoms with E-state index in [1.165, 1.54) is 13.8 Å². The quantitative estimate of drug-likeness (QED) is 0.202. The van der Waals surface area contributed by atoms with Gasteiger partial charge in [0, 0.05) is 27.7 Å². The van der Waals surface area contributed by atoms with E-state index in [9.17, 15) is 19.2 Å². The van der Waals surface area contributed by atoms with Crippen molar-refractivity contribution in [2.24, 2.45) is 0 Å². The molecule has 0 aliphatic carbocycles. The van der Waals surface area contributed by atoms with Crippen molar-refractivity contribution >= 4 is 23.9 Å². The molecule has 10 nitrogen and oxygen atoms in total. The first-order valence-electron chi connectivity index (χ1n) is 9.83. The molecule has 0 amide bonds. The molecule has 0 saturated carbocycles. The number of carbonyl (C=O) groups excluding carboxylic acids is 4. The Morgan fingerprint density at radius 2 is 1.42 bits per heavy atom. The van der Waals surface area contributed by atoms with Crippen molar-refractivity contribution in [3.05, 3.63) is 24.8 Å². The topological polar surface area (TPSA) is 124 Å². The number of carbonyl (C=O) groups is 4. The average molecular weight is 442 g/mol. The van der Waals surface area contributed by atoms with Gasteiger partial charge in [-0.15, -0.1) is 6.58 Å². The van der Waals surface area contributed by atoms with Crippen LogP contribution in [0.5, 0.6) is 0 Å². The van der Waals surface area contributed by atoms with E-state index in [0.717, 1.165) is 13.8 Å². The minimum absolute atomic E-state index is 0.196. The first kappa shape index (κ1) is 26.3. The van der Waals surface area contributed by atoms with E-state index in [1.807, 2.05) is 12.2 Å². The number of rotatable bonds is 11. The van der Waals surface area contributed by atoms with Crippen LogP contribution in [0.25, 0.3) is 0 Å². The third-order valence-electron chi connectivity index (χ3n) is 3.98. The minimum atomic E-state index is -1.24. The van der Waals surface area contributed by atoms with E-state index < -0.39 is 54.6 Å². The summed E-state index contributed by atoms with van der Waals surface area (Å²) in [6, 6.07) is 0. The van der Waals surface area contributed by atoms with Gasteiger partial charge in [-0.1, -0.05) is 18.2 Å². The normalized spacial score (nSPS) is 25.5. The molecule has 5 unspecified atom stereocenters. The summed E-state index contributed by atoms with van der Waals surface area (Å²) in [4.78, 5) is 46.4. The van der Waals surface area contributed by atoms with Crippen LogP contribution >= 0.6 is 0 Å². The molecular weight excluding hydrogens is 412 g/mol. The van der Waals surface area contributed by atoms with Gasteiger partial charge in [-0.25, -0.2) is 0 Å². The summed E-state index contributed by atoms with van der Waals surface area (Å²) >= 11 is 0. The van der Waals surface area contributed by atoms with Crippen molar-refractivity contribution in [1.82, 2.24) is 0 Å². The van der Waals surface area contributed by atoms with Crippen molar-refractivity contribution in [2.45, 2.75) is 71.2 Å². The zero-order valence-electron chi connectivity index (χ0n) is 18.2. The Morgan fingerprint density at radius 1 is 0.839 bits per heavy atom. The second-order valence-electron chi connectivity index (χ2n) is 6.72. The van der Waals surface area contributed by atoms with Gasteiger partial charge >= 0.3 is 23.9 Å². The molecule has 1 heterocycles. The predicted molar refractivity (Wildman–Crippen MR) is 106 cm³/mol. The van der Waals surface area contributed by atoms with E-state index in [1.54, 1.807) is 6.08 Å². The lowest BCUT2D eigenvalue weighted by molar-refractivity contribution is -0.307. The highest BCUT2D eigenvalue weighted by atomic mass is 16.7. The lowest BCUT2D eigenvalue weighted by Crippen LogP contribution is -2.63. The maximum Gasteiger partial charge on any atom is 0.303 e. The van der Waals surface area contributed by atoms with Crippen molar-refractivity contribution < 1.29 is 47.6 Å². The second-order valence-corrected chi connectivity index (χ2v) is 6.72. The van der Waals surface area contributed by atoms with Crippen LogP contribution in [0.1, 0.15) is 40.5 Å². The van der Waals surface area contributed by atoms with E-state index in [4.69, 9.17) is 28.4 Å². The van der Waals surface area contributed by atoms with Crippen LogP contribution in [0.4, 0.5) is 0 Å². The van der Waals surface area contributed by atoms with Gasteiger partial charge in [0.1, 0.15) is 12.7 Å². The van der Waals surface area contributed by atoms with Crippen LogP contribution in [-0.2, 0) is 47.6 Å². The average Bonchev–Trinajstić information content (AvgIpc) is 2.66. The molecule has 174 valence electrons. The van der Waals surface area contributed by atoms with Crippen LogP contribution in [0.3, 0.4) is 0 Å². The zero-order valence-corrected chi connectivity index (χ0v) is 18.2. The Kier molecular flexibility index (Phi) is 11.5. The highest BCUT2D eigenvalue weighted by molar-refractivity contribution is 5.68. The first-order valence-corrected chi connectivity index (χ1v) is 9.83. The molecule has 1 fully saturated rings. The molecule has 0 spiro atoms.